The van der Waals surface area contributed by atoms with Crippen LogP contribution in [0.25, 0.3) is 0 Å². The predicted molar refractivity (Wildman–Crippen MR) is 183 cm³/mol. The van der Waals surface area contributed by atoms with Crippen molar-refractivity contribution in [1.82, 2.24) is 9.80 Å². The van der Waals surface area contributed by atoms with Crippen LogP contribution >= 0.6 is 0 Å². The number of carbonyl (C=O) groups excluding carboxylic acids is 2. The fourth-order valence-corrected chi connectivity index (χ4v) is 5.46. The smallest absolute Gasteiger partial charge is 0.323 e. The summed E-state index contributed by atoms with van der Waals surface area (Å²) in [7, 11) is 3.62. The Balaban J connectivity index is 1.29. The molecule has 0 unspecified atom stereocenters. The fraction of sp³-hybridized carbons (Fsp3) is 0.297. The van der Waals surface area contributed by atoms with Crippen LogP contribution < -0.4 is 24.8 Å². The summed E-state index contributed by atoms with van der Waals surface area (Å²) in [5.74, 6) is 2.37. The number of benzene rings is 4. The van der Waals surface area contributed by atoms with Gasteiger partial charge in [-0.2, -0.15) is 0 Å². The number of rotatable bonds is 11. The maximum absolute atomic E-state index is 13.8. The molecule has 5 rings (SSSR count). The van der Waals surface area contributed by atoms with Crippen LogP contribution in [0.15, 0.2) is 97.1 Å². The van der Waals surface area contributed by atoms with E-state index in [9.17, 15) is 14.7 Å². The van der Waals surface area contributed by atoms with E-state index in [4.69, 9.17) is 14.2 Å². The second kappa shape index (κ2) is 15.5. The number of hydrogen-bond acceptors (Lipinski definition) is 7. The lowest BCUT2D eigenvalue weighted by atomic mass is 9.99. The number of aliphatic hydroxyl groups excluding tert-OH is 1. The Labute approximate surface area is 275 Å². The topological polar surface area (TPSA) is 113 Å². The van der Waals surface area contributed by atoms with Crippen LogP contribution in [0.2, 0.25) is 0 Å². The monoisotopic (exact) mass is 638 g/mol. The van der Waals surface area contributed by atoms with E-state index in [1.165, 1.54) is 0 Å². The number of aliphatic hydroxyl groups is 1. The van der Waals surface area contributed by atoms with Gasteiger partial charge in [0.05, 0.1) is 25.3 Å². The van der Waals surface area contributed by atoms with E-state index in [0.717, 1.165) is 17.1 Å². The van der Waals surface area contributed by atoms with Crippen LogP contribution in [0.1, 0.15) is 29.8 Å². The van der Waals surface area contributed by atoms with Crippen molar-refractivity contribution in [3.05, 3.63) is 108 Å². The Morgan fingerprint density at radius 1 is 0.957 bits per heavy atom. The lowest BCUT2D eigenvalue weighted by Gasteiger charge is -2.38. The Bertz CT molecular complexity index is 1630. The zero-order valence-electron chi connectivity index (χ0n) is 27.2. The first-order chi connectivity index (χ1) is 22.7. The summed E-state index contributed by atoms with van der Waals surface area (Å²) in [6.07, 6.45) is -0.252. The van der Waals surface area contributed by atoms with E-state index >= 15 is 0 Å². The van der Waals surface area contributed by atoms with E-state index in [1.54, 1.807) is 54.5 Å². The maximum atomic E-state index is 13.8. The van der Waals surface area contributed by atoms with Gasteiger partial charge in [0.25, 0.3) is 5.91 Å². The Morgan fingerprint density at radius 3 is 2.28 bits per heavy atom. The van der Waals surface area contributed by atoms with Crippen molar-refractivity contribution in [3.63, 3.8) is 0 Å². The molecule has 246 valence electrons. The summed E-state index contributed by atoms with van der Waals surface area (Å²) < 4.78 is 17.6. The average Bonchev–Trinajstić information content (AvgIpc) is 3.08. The highest BCUT2D eigenvalue weighted by molar-refractivity contribution is 6.02. The van der Waals surface area contributed by atoms with Gasteiger partial charge in [-0.1, -0.05) is 37.3 Å². The van der Waals surface area contributed by atoms with Crippen LogP contribution in [0.3, 0.4) is 0 Å². The molecule has 0 saturated heterocycles. The minimum Gasteiger partial charge on any atom is -0.497 e. The third-order valence-corrected chi connectivity index (χ3v) is 8.12. The van der Waals surface area contributed by atoms with Gasteiger partial charge < -0.3 is 34.9 Å². The Morgan fingerprint density at radius 2 is 1.60 bits per heavy atom. The number of nitrogens with one attached hydrogen (secondary N) is 2. The highest BCUT2D eigenvalue weighted by Crippen LogP contribution is 2.31. The summed E-state index contributed by atoms with van der Waals surface area (Å²) in [5, 5.41) is 15.6. The number of anilines is 2. The molecule has 4 aromatic rings. The molecule has 4 aromatic carbocycles. The van der Waals surface area contributed by atoms with Gasteiger partial charge in [-0.3, -0.25) is 9.69 Å². The van der Waals surface area contributed by atoms with Crippen molar-refractivity contribution in [2.75, 3.05) is 44.5 Å². The number of para-hydroxylation sites is 1. The van der Waals surface area contributed by atoms with Gasteiger partial charge in [-0.15, -0.1) is 0 Å². The fourth-order valence-electron chi connectivity index (χ4n) is 5.46. The Hall–Kier alpha value is -5.06. The molecule has 10 heteroatoms. The highest BCUT2D eigenvalue weighted by atomic mass is 16.5. The number of hydrogen-bond donors (Lipinski definition) is 3. The SMILES string of the molecule is COc1ccc(NC(=O)Nc2ccc3c(c2)C(=O)N([C@@H](C)CO)C[C@@H](C)[C@H](CN(C)Cc2ccc(Oc4ccccc4)cc2)O3)cc1. The molecular weight excluding hydrogens is 596 g/mol. The van der Waals surface area contributed by atoms with Gasteiger partial charge >= 0.3 is 6.03 Å². The number of amides is 3. The minimum atomic E-state index is -0.456. The second-order valence-electron chi connectivity index (χ2n) is 11.9. The number of urea groups is 1. The largest absolute Gasteiger partial charge is 0.497 e. The quantitative estimate of drug-likeness (QED) is 0.172. The van der Waals surface area contributed by atoms with Crippen molar-refractivity contribution in [1.29, 1.82) is 0 Å². The highest BCUT2D eigenvalue weighted by Gasteiger charge is 2.33. The molecule has 3 amide bonds. The molecule has 0 aliphatic carbocycles. The van der Waals surface area contributed by atoms with E-state index in [0.29, 0.717) is 48.1 Å². The molecule has 1 heterocycles. The first-order valence-corrected chi connectivity index (χ1v) is 15.7. The summed E-state index contributed by atoms with van der Waals surface area (Å²) >= 11 is 0. The molecule has 1 aliphatic rings. The molecule has 1 aliphatic heterocycles. The van der Waals surface area contributed by atoms with Crippen molar-refractivity contribution in [3.8, 4) is 23.0 Å². The van der Waals surface area contributed by atoms with Gasteiger partial charge in [0.15, 0.2) is 0 Å². The van der Waals surface area contributed by atoms with E-state index in [-0.39, 0.29) is 24.5 Å². The number of nitrogens with zero attached hydrogens (tertiary/aromatic N) is 2. The molecule has 3 atom stereocenters. The third kappa shape index (κ3) is 8.81. The number of fused-ring (bicyclic) bond motifs is 1. The van der Waals surface area contributed by atoms with Gasteiger partial charge in [-0.05, 0) is 86.3 Å². The van der Waals surface area contributed by atoms with Crippen molar-refractivity contribution >= 4 is 23.3 Å². The molecule has 47 heavy (non-hydrogen) atoms. The number of ether oxygens (including phenoxy) is 3. The van der Waals surface area contributed by atoms with E-state index < -0.39 is 12.1 Å². The summed E-state index contributed by atoms with van der Waals surface area (Å²) in [5.41, 5.74) is 2.47. The summed E-state index contributed by atoms with van der Waals surface area (Å²) in [6, 6.07) is 28.9. The van der Waals surface area contributed by atoms with Gasteiger partial charge in [-0.25, -0.2) is 4.79 Å². The van der Waals surface area contributed by atoms with Crippen LogP contribution in [0.5, 0.6) is 23.0 Å². The number of methoxy groups -OCH3 is 1. The van der Waals surface area contributed by atoms with Gasteiger partial charge in [0, 0.05) is 36.9 Å². The van der Waals surface area contributed by atoms with Crippen molar-refractivity contribution < 1.29 is 28.9 Å². The standard InChI is InChI=1S/C37H42N4O6/c1-25-21-41(26(2)24-42)36(43)33-20-29(39-37(44)38-28-12-17-30(45-4)18-13-28)14-19-34(33)47-35(25)23-40(3)22-27-10-15-32(16-11-27)46-31-8-6-5-7-9-31/h5-20,25-26,35,42H,21-24H2,1-4H3,(H2,38,39,44)/t25-,26+,35+/m1/s1. The van der Waals surface area contributed by atoms with Crippen LogP contribution in [-0.2, 0) is 6.54 Å². The minimum absolute atomic E-state index is 0.0294. The van der Waals surface area contributed by atoms with Crippen molar-refractivity contribution in [2.24, 2.45) is 5.92 Å². The number of carbonyl (C=O) groups is 2. The molecule has 0 fully saturated rings. The van der Waals surface area contributed by atoms with E-state index in [2.05, 4.69) is 34.6 Å². The first-order valence-electron chi connectivity index (χ1n) is 15.7. The molecule has 0 radical (unpaired) electrons. The Kier molecular flexibility index (Phi) is 11.0. The molecule has 0 aromatic heterocycles. The second-order valence-corrected chi connectivity index (χ2v) is 11.9. The van der Waals surface area contributed by atoms with Crippen LogP contribution in [0.4, 0.5) is 16.2 Å². The summed E-state index contributed by atoms with van der Waals surface area (Å²) in [4.78, 5) is 30.5. The maximum Gasteiger partial charge on any atom is 0.323 e. The summed E-state index contributed by atoms with van der Waals surface area (Å²) in [6.45, 7) is 5.40. The zero-order valence-corrected chi connectivity index (χ0v) is 27.2. The van der Waals surface area contributed by atoms with Crippen LogP contribution in [0, 0.1) is 5.92 Å². The molecule has 3 N–H and O–H groups in total. The molecule has 0 saturated carbocycles. The molecule has 0 spiro atoms. The normalized spacial score (nSPS) is 16.7. The third-order valence-electron chi connectivity index (χ3n) is 8.12. The molecule has 10 nitrogen and oxygen atoms in total. The molecule has 0 bridgehead atoms. The lowest BCUT2D eigenvalue weighted by molar-refractivity contribution is 0.0341. The lowest BCUT2D eigenvalue weighted by Crippen LogP contribution is -2.49. The number of likely N-dealkylation sites (N-methyl/N-ethyl adjacent to an activating group) is 1. The van der Waals surface area contributed by atoms with Crippen LogP contribution in [-0.4, -0.2) is 72.8 Å². The van der Waals surface area contributed by atoms with E-state index in [1.807, 2.05) is 56.4 Å². The van der Waals surface area contributed by atoms with Crippen molar-refractivity contribution in [2.45, 2.75) is 32.5 Å². The van der Waals surface area contributed by atoms with Gasteiger partial charge in [0.1, 0.15) is 29.1 Å². The average molecular weight is 639 g/mol. The predicted octanol–water partition coefficient (Wildman–Crippen LogP) is 6.48. The van der Waals surface area contributed by atoms with Gasteiger partial charge in [0.2, 0.25) is 0 Å². The molecular formula is C37H42N4O6. The first kappa shape index (κ1) is 33.3. The zero-order chi connectivity index (χ0) is 33.3.